The largest absolute Gasteiger partial charge is 0.494 e. The molecule has 6 heteroatoms. The molecule has 0 aliphatic rings. The molecule has 0 amide bonds. The number of esters is 2. The molecule has 1 unspecified atom stereocenters. The van der Waals surface area contributed by atoms with Crippen LogP contribution < -0.4 is 9.47 Å². The van der Waals surface area contributed by atoms with Gasteiger partial charge in [-0.3, -0.25) is 0 Å². The molecular formula is C22H26O6. The number of carbonyl (C=O) groups excluding carboxylic acids is 2. The van der Waals surface area contributed by atoms with Gasteiger partial charge < -0.3 is 18.9 Å². The number of benzene rings is 2. The summed E-state index contributed by atoms with van der Waals surface area (Å²) in [6, 6.07) is 13.6. The molecule has 28 heavy (non-hydrogen) atoms. The second-order valence-electron chi connectivity index (χ2n) is 5.96. The quantitative estimate of drug-likeness (QED) is 0.568. The summed E-state index contributed by atoms with van der Waals surface area (Å²) in [6.07, 6.45) is -0.0225. The average molecular weight is 386 g/mol. The first-order valence-electron chi connectivity index (χ1n) is 9.41. The van der Waals surface area contributed by atoms with Crippen LogP contribution in [0.4, 0.5) is 0 Å². The second-order valence-corrected chi connectivity index (χ2v) is 5.96. The maximum atomic E-state index is 12.4. The Balaban J connectivity index is 1.93. The van der Waals surface area contributed by atoms with E-state index in [1.54, 1.807) is 48.5 Å². The predicted molar refractivity (Wildman–Crippen MR) is 105 cm³/mol. The van der Waals surface area contributed by atoms with Crippen LogP contribution in [0.2, 0.25) is 0 Å². The first kappa shape index (κ1) is 21.3. The normalized spacial score (nSPS) is 11.4. The second kappa shape index (κ2) is 11.0. The molecule has 0 aliphatic carbocycles. The van der Waals surface area contributed by atoms with Crippen molar-refractivity contribution in [1.82, 2.24) is 0 Å². The zero-order valence-corrected chi connectivity index (χ0v) is 16.5. The first-order valence-corrected chi connectivity index (χ1v) is 9.41. The lowest BCUT2D eigenvalue weighted by molar-refractivity contribution is -0.00148. The van der Waals surface area contributed by atoms with E-state index in [-0.39, 0.29) is 6.61 Å². The molecule has 0 saturated heterocycles. The van der Waals surface area contributed by atoms with E-state index in [9.17, 15) is 9.59 Å². The Kier molecular flexibility index (Phi) is 8.34. The summed E-state index contributed by atoms with van der Waals surface area (Å²) in [5.74, 6) is 0.229. The molecule has 0 radical (unpaired) electrons. The minimum absolute atomic E-state index is 0.0227. The molecule has 1 atom stereocenters. The monoisotopic (exact) mass is 386 g/mol. The van der Waals surface area contributed by atoms with Crippen molar-refractivity contribution in [2.45, 2.75) is 33.3 Å². The van der Waals surface area contributed by atoms with E-state index in [0.29, 0.717) is 42.3 Å². The minimum Gasteiger partial charge on any atom is -0.494 e. The molecule has 0 heterocycles. The zero-order chi connectivity index (χ0) is 20.4. The third kappa shape index (κ3) is 6.30. The van der Waals surface area contributed by atoms with E-state index in [1.165, 1.54) is 0 Å². The lowest BCUT2D eigenvalue weighted by Crippen LogP contribution is -2.24. The summed E-state index contributed by atoms with van der Waals surface area (Å²) in [5.41, 5.74) is 0.775. The van der Waals surface area contributed by atoms with Crippen molar-refractivity contribution >= 4 is 11.9 Å². The molecule has 0 aliphatic heterocycles. The maximum Gasteiger partial charge on any atom is 0.338 e. The molecule has 0 bridgehead atoms. The molecular weight excluding hydrogens is 360 g/mol. The molecule has 0 saturated carbocycles. The maximum absolute atomic E-state index is 12.4. The number of carbonyl (C=O) groups is 2. The van der Waals surface area contributed by atoms with Crippen molar-refractivity contribution in [1.29, 1.82) is 0 Å². The van der Waals surface area contributed by atoms with Crippen LogP contribution in [0.15, 0.2) is 48.5 Å². The highest BCUT2D eigenvalue weighted by atomic mass is 16.6. The predicted octanol–water partition coefficient (Wildman–Crippen LogP) is 4.28. The third-order valence-electron chi connectivity index (χ3n) is 3.89. The van der Waals surface area contributed by atoms with Crippen molar-refractivity contribution in [3.8, 4) is 11.5 Å². The minimum atomic E-state index is -0.540. The van der Waals surface area contributed by atoms with Crippen LogP contribution >= 0.6 is 0 Å². The Morgan fingerprint density at radius 1 is 0.821 bits per heavy atom. The summed E-state index contributed by atoms with van der Waals surface area (Å²) in [7, 11) is 0. The van der Waals surface area contributed by atoms with Crippen LogP contribution in [0, 0.1) is 0 Å². The van der Waals surface area contributed by atoms with E-state index in [4.69, 9.17) is 18.9 Å². The van der Waals surface area contributed by atoms with Crippen molar-refractivity contribution in [3.05, 3.63) is 59.7 Å². The molecule has 2 aromatic carbocycles. The fraction of sp³-hybridized carbons (Fsp3) is 0.364. The van der Waals surface area contributed by atoms with Gasteiger partial charge in [-0.25, -0.2) is 9.59 Å². The molecule has 2 aromatic rings. The zero-order valence-electron chi connectivity index (χ0n) is 16.5. The van der Waals surface area contributed by atoms with Crippen molar-refractivity contribution in [2.75, 3.05) is 19.8 Å². The van der Waals surface area contributed by atoms with Crippen LogP contribution in [0.25, 0.3) is 0 Å². The lowest BCUT2D eigenvalue weighted by Gasteiger charge is -2.17. The van der Waals surface area contributed by atoms with Crippen molar-refractivity contribution in [2.24, 2.45) is 0 Å². The van der Waals surface area contributed by atoms with Crippen LogP contribution in [-0.2, 0) is 9.47 Å². The highest BCUT2D eigenvalue weighted by Gasteiger charge is 2.18. The first-order chi connectivity index (χ1) is 13.6. The van der Waals surface area contributed by atoms with Gasteiger partial charge in [0.05, 0.1) is 24.3 Å². The highest BCUT2D eigenvalue weighted by molar-refractivity contribution is 5.90. The SMILES string of the molecule is CCOc1cccc(C(=O)OCC(CC)OC(=O)c2cccc(OCC)c2)c1. The van der Waals surface area contributed by atoms with E-state index >= 15 is 0 Å². The fourth-order valence-electron chi connectivity index (χ4n) is 2.47. The molecule has 150 valence electrons. The number of ether oxygens (including phenoxy) is 4. The van der Waals surface area contributed by atoms with Crippen LogP contribution in [0.3, 0.4) is 0 Å². The van der Waals surface area contributed by atoms with Gasteiger partial charge in [-0.1, -0.05) is 19.1 Å². The molecule has 0 aromatic heterocycles. The number of hydrogen-bond acceptors (Lipinski definition) is 6. The van der Waals surface area contributed by atoms with Gasteiger partial charge >= 0.3 is 11.9 Å². The summed E-state index contributed by atoms with van der Waals surface area (Å²) >= 11 is 0. The van der Waals surface area contributed by atoms with Gasteiger partial charge in [-0.05, 0) is 56.7 Å². The fourth-order valence-corrected chi connectivity index (χ4v) is 2.47. The highest BCUT2D eigenvalue weighted by Crippen LogP contribution is 2.17. The summed E-state index contributed by atoms with van der Waals surface area (Å²) < 4.78 is 21.6. The molecule has 0 N–H and O–H groups in total. The van der Waals surface area contributed by atoms with E-state index in [2.05, 4.69) is 0 Å². The van der Waals surface area contributed by atoms with Gasteiger partial charge in [0.1, 0.15) is 24.2 Å². The molecule has 0 fully saturated rings. The molecule has 6 nitrogen and oxygen atoms in total. The smallest absolute Gasteiger partial charge is 0.338 e. The van der Waals surface area contributed by atoms with Gasteiger partial charge in [0.25, 0.3) is 0 Å². The third-order valence-corrected chi connectivity index (χ3v) is 3.89. The number of rotatable bonds is 10. The Bertz CT molecular complexity index is 786. The van der Waals surface area contributed by atoms with Gasteiger partial charge in [0.15, 0.2) is 0 Å². The van der Waals surface area contributed by atoms with E-state index < -0.39 is 18.0 Å². The van der Waals surface area contributed by atoms with E-state index in [0.717, 1.165) is 0 Å². The van der Waals surface area contributed by atoms with Crippen LogP contribution in [-0.4, -0.2) is 37.9 Å². The van der Waals surface area contributed by atoms with Gasteiger partial charge in [-0.15, -0.1) is 0 Å². The molecule has 0 spiro atoms. The lowest BCUT2D eigenvalue weighted by atomic mass is 10.2. The number of hydrogen-bond donors (Lipinski definition) is 0. The van der Waals surface area contributed by atoms with Crippen molar-refractivity contribution < 1.29 is 28.5 Å². The molecule has 2 rings (SSSR count). The Hall–Kier alpha value is -3.02. The van der Waals surface area contributed by atoms with Crippen molar-refractivity contribution in [3.63, 3.8) is 0 Å². The Labute approximate surface area is 165 Å². The van der Waals surface area contributed by atoms with Crippen LogP contribution in [0.5, 0.6) is 11.5 Å². The van der Waals surface area contributed by atoms with E-state index in [1.807, 2.05) is 20.8 Å². The van der Waals surface area contributed by atoms with Gasteiger partial charge in [0.2, 0.25) is 0 Å². The topological polar surface area (TPSA) is 71.1 Å². The van der Waals surface area contributed by atoms with Gasteiger partial charge in [0, 0.05) is 0 Å². The summed E-state index contributed by atoms with van der Waals surface area (Å²) in [6.45, 7) is 6.60. The van der Waals surface area contributed by atoms with Gasteiger partial charge in [-0.2, -0.15) is 0 Å². The summed E-state index contributed by atoms with van der Waals surface area (Å²) in [5, 5.41) is 0. The standard InChI is InChI=1S/C22H26O6/c1-4-18(28-22(24)17-10-8-12-20(14-17)26-6-3)15-27-21(23)16-9-7-11-19(13-16)25-5-2/h7-14,18H,4-6,15H2,1-3H3. The Morgan fingerprint density at radius 3 is 1.86 bits per heavy atom. The van der Waals surface area contributed by atoms with Crippen LogP contribution in [0.1, 0.15) is 47.9 Å². The Morgan fingerprint density at radius 2 is 1.36 bits per heavy atom. The average Bonchev–Trinajstić information content (AvgIpc) is 2.71. The summed E-state index contributed by atoms with van der Waals surface area (Å²) in [4.78, 5) is 24.6.